The number of nitrogens with zero attached hydrogens (tertiary/aromatic N) is 1. The highest BCUT2D eigenvalue weighted by molar-refractivity contribution is 7.87. The monoisotopic (exact) mass is 303 g/mol. The Morgan fingerprint density at radius 2 is 1.89 bits per heavy atom. The second-order valence-corrected chi connectivity index (χ2v) is 6.34. The first-order valence-electron chi connectivity index (χ1n) is 6.27. The molecule has 1 heterocycles. The standard InChI is InChI=1S/C10H20F3N3O2S/c1-2-16(7-9-3-5-14-6-4-9)19(17,18)15-8-10(11,12)13/h9,14-15H,2-8H2,1H3. The van der Waals surface area contributed by atoms with E-state index in [0.29, 0.717) is 0 Å². The van der Waals surface area contributed by atoms with Crippen LogP contribution in [0.3, 0.4) is 0 Å². The molecule has 0 radical (unpaired) electrons. The Balaban J connectivity index is 2.56. The minimum atomic E-state index is -4.54. The maximum absolute atomic E-state index is 12.1. The summed E-state index contributed by atoms with van der Waals surface area (Å²) in [5.74, 6) is 0.198. The van der Waals surface area contributed by atoms with Crippen LogP contribution in [0.4, 0.5) is 13.2 Å². The topological polar surface area (TPSA) is 61.4 Å². The van der Waals surface area contributed by atoms with Gasteiger partial charge in [-0.1, -0.05) is 6.92 Å². The summed E-state index contributed by atoms with van der Waals surface area (Å²) in [4.78, 5) is 0. The average Bonchev–Trinajstić information content (AvgIpc) is 2.34. The van der Waals surface area contributed by atoms with Crippen LogP contribution in [0.2, 0.25) is 0 Å². The van der Waals surface area contributed by atoms with Gasteiger partial charge in [-0.15, -0.1) is 0 Å². The highest BCUT2D eigenvalue weighted by Crippen LogP contribution is 2.16. The summed E-state index contributed by atoms with van der Waals surface area (Å²) in [6.07, 6.45) is -2.86. The molecule has 0 bridgehead atoms. The van der Waals surface area contributed by atoms with Gasteiger partial charge < -0.3 is 5.32 Å². The van der Waals surface area contributed by atoms with E-state index in [1.165, 1.54) is 0 Å². The van der Waals surface area contributed by atoms with Crippen molar-refractivity contribution in [3.05, 3.63) is 0 Å². The fourth-order valence-corrected chi connectivity index (χ4v) is 3.29. The van der Waals surface area contributed by atoms with E-state index in [-0.39, 0.29) is 19.0 Å². The molecule has 0 aromatic carbocycles. The lowest BCUT2D eigenvalue weighted by atomic mass is 9.98. The van der Waals surface area contributed by atoms with Crippen LogP contribution in [-0.2, 0) is 10.2 Å². The number of alkyl halides is 3. The van der Waals surface area contributed by atoms with E-state index in [1.54, 1.807) is 11.6 Å². The predicted molar refractivity (Wildman–Crippen MR) is 65.8 cm³/mol. The van der Waals surface area contributed by atoms with Crippen LogP contribution in [0, 0.1) is 5.92 Å². The number of hydrogen-bond acceptors (Lipinski definition) is 3. The second-order valence-electron chi connectivity index (χ2n) is 4.59. The SMILES string of the molecule is CCN(CC1CCNCC1)S(=O)(=O)NCC(F)(F)F. The molecule has 114 valence electrons. The summed E-state index contributed by atoms with van der Waals surface area (Å²) >= 11 is 0. The van der Waals surface area contributed by atoms with Crippen molar-refractivity contribution in [1.82, 2.24) is 14.3 Å². The van der Waals surface area contributed by atoms with E-state index < -0.39 is 22.9 Å². The molecule has 1 aliphatic rings. The van der Waals surface area contributed by atoms with Crippen molar-refractivity contribution in [3.8, 4) is 0 Å². The first-order valence-corrected chi connectivity index (χ1v) is 7.71. The highest BCUT2D eigenvalue weighted by Gasteiger charge is 2.32. The van der Waals surface area contributed by atoms with E-state index in [2.05, 4.69) is 5.32 Å². The molecular formula is C10H20F3N3O2S. The smallest absolute Gasteiger partial charge is 0.317 e. The largest absolute Gasteiger partial charge is 0.402 e. The van der Waals surface area contributed by atoms with Crippen LogP contribution in [0.15, 0.2) is 0 Å². The van der Waals surface area contributed by atoms with Crippen molar-refractivity contribution in [3.63, 3.8) is 0 Å². The normalized spacial score (nSPS) is 19.0. The quantitative estimate of drug-likeness (QED) is 0.759. The van der Waals surface area contributed by atoms with Crippen molar-refractivity contribution in [2.45, 2.75) is 25.9 Å². The molecule has 0 spiro atoms. The van der Waals surface area contributed by atoms with E-state index >= 15 is 0 Å². The Bertz CT molecular complexity index is 367. The summed E-state index contributed by atoms with van der Waals surface area (Å²) in [7, 11) is -4.06. The van der Waals surface area contributed by atoms with Crippen molar-refractivity contribution in [2.24, 2.45) is 5.92 Å². The zero-order valence-corrected chi connectivity index (χ0v) is 11.6. The molecule has 0 aromatic heterocycles. The van der Waals surface area contributed by atoms with Crippen molar-refractivity contribution in [1.29, 1.82) is 0 Å². The number of halogens is 3. The average molecular weight is 303 g/mol. The van der Waals surface area contributed by atoms with E-state index in [9.17, 15) is 21.6 Å². The molecule has 2 N–H and O–H groups in total. The molecule has 5 nitrogen and oxygen atoms in total. The minimum Gasteiger partial charge on any atom is -0.317 e. The molecule has 0 unspecified atom stereocenters. The molecular weight excluding hydrogens is 283 g/mol. The van der Waals surface area contributed by atoms with Crippen LogP contribution >= 0.6 is 0 Å². The summed E-state index contributed by atoms with van der Waals surface area (Å²) in [6, 6.07) is 0. The summed E-state index contributed by atoms with van der Waals surface area (Å²) in [5.41, 5.74) is 0. The van der Waals surface area contributed by atoms with Gasteiger partial charge in [0.2, 0.25) is 0 Å². The Morgan fingerprint density at radius 3 is 2.37 bits per heavy atom. The van der Waals surface area contributed by atoms with Gasteiger partial charge in [0.15, 0.2) is 0 Å². The molecule has 0 aliphatic carbocycles. The van der Waals surface area contributed by atoms with Gasteiger partial charge in [0.25, 0.3) is 10.2 Å². The maximum Gasteiger partial charge on any atom is 0.402 e. The molecule has 0 saturated carbocycles. The summed E-state index contributed by atoms with van der Waals surface area (Å²) in [6.45, 7) is 2.16. The van der Waals surface area contributed by atoms with E-state index in [0.717, 1.165) is 30.2 Å². The van der Waals surface area contributed by atoms with Gasteiger partial charge in [-0.3, -0.25) is 0 Å². The number of piperidine rings is 1. The number of nitrogens with one attached hydrogen (secondary N) is 2. The fourth-order valence-electron chi connectivity index (χ4n) is 2.01. The Morgan fingerprint density at radius 1 is 1.32 bits per heavy atom. The fraction of sp³-hybridized carbons (Fsp3) is 1.00. The third-order valence-electron chi connectivity index (χ3n) is 3.07. The van der Waals surface area contributed by atoms with Crippen LogP contribution in [0.1, 0.15) is 19.8 Å². The molecule has 1 rings (SSSR count). The van der Waals surface area contributed by atoms with Crippen molar-refractivity contribution in [2.75, 3.05) is 32.7 Å². The molecule has 9 heteroatoms. The van der Waals surface area contributed by atoms with Gasteiger partial charge in [0, 0.05) is 13.1 Å². The molecule has 19 heavy (non-hydrogen) atoms. The lowest BCUT2D eigenvalue weighted by Gasteiger charge is -2.28. The Labute approximate surface area is 111 Å². The van der Waals surface area contributed by atoms with Gasteiger partial charge in [0.1, 0.15) is 6.54 Å². The highest BCUT2D eigenvalue weighted by atomic mass is 32.2. The molecule has 1 saturated heterocycles. The molecule has 0 amide bonds. The van der Waals surface area contributed by atoms with E-state index in [4.69, 9.17) is 0 Å². The first kappa shape index (κ1) is 16.7. The molecule has 1 fully saturated rings. The summed E-state index contributed by atoms with van der Waals surface area (Å²) < 4.78 is 62.4. The Kier molecular flexibility index (Phi) is 6.03. The zero-order chi connectivity index (χ0) is 14.5. The maximum atomic E-state index is 12.1. The van der Waals surface area contributed by atoms with Crippen molar-refractivity contribution < 1.29 is 21.6 Å². The Hall–Kier alpha value is -0.380. The lowest BCUT2D eigenvalue weighted by molar-refractivity contribution is -0.121. The van der Waals surface area contributed by atoms with Gasteiger partial charge in [-0.2, -0.15) is 30.6 Å². The number of rotatable bonds is 6. The van der Waals surface area contributed by atoms with Gasteiger partial charge in [-0.25, -0.2) is 0 Å². The number of hydrogen-bond donors (Lipinski definition) is 2. The van der Waals surface area contributed by atoms with Crippen LogP contribution in [-0.4, -0.2) is 51.6 Å². The third-order valence-corrected chi connectivity index (χ3v) is 4.66. The molecule has 0 aromatic rings. The molecule has 0 atom stereocenters. The predicted octanol–water partition coefficient (Wildman–Crippen LogP) is 0.705. The van der Waals surface area contributed by atoms with Gasteiger partial charge in [-0.05, 0) is 31.8 Å². The van der Waals surface area contributed by atoms with Crippen LogP contribution < -0.4 is 10.0 Å². The van der Waals surface area contributed by atoms with Gasteiger partial charge >= 0.3 is 6.18 Å². The first-order chi connectivity index (χ1) is 8.74. The van der Waals surface area contributed by atoms with Crippen LogP contribution in [0.5, 0.6) is 0 Å². The second kappa shape index (κ2) is 6.87. The molecule has 1 aliphatic heterocycles. The zero-order valence-electron chi connectivity index (χ0n) is 10.8. The summed E-state index contributed by atoms with van der Waals surface area (Å²) in [5, 5.41) is 3.16. The minimum absolute atomic E-state index is 0.164. The van der Waals surface area contributed by atoms with Crippen LogP contribution in [0.25, 0.3) is 0 Å². The van der Waals surface area contributed by atoms with E-state index in [1.807, 2.05) is 0 Å². The lowest BCUT2D eigenvalue weighted by Crippen LogP contribution is -2.47. The third kappa shape index (κ3) is 6.07. The van der Waals surface area contributed by atoms with Crippen molar-refractivity contribution >= 4 is 10.2 Å². The van der Waals surface area contributed by atoms with Gasteiger partial charge in [0.05, 0.1) is 0 Å².